The third-order valence-corrected chi connectivity index (χ3v) is 12.7. The van der Waals surface area contributed by atoms with Crippen molar-refractivity contribution in [3.63, 3.8) is 0 Å². The summed E-state index contributed by atoms with van der Waals surface area (Å²) in [5, 5.41) is 3.02. The highest BCUT2D eigenvalue weighted by molar-refractivity contribution is 7.47. The molecule has 67 heavy (non-hydrogen) atoms. The van der Waals surface area contributed by atoms with Gasteiger partial charge in [-0.3, -0.25) is 18.6 Å². The molecule has 0 heterocycles. The first-order chi connectivity index (χ1) is 32.4. The van der Waals surface area contributed by atoms with E-state index in [1.165, 1.54) is 89.9 Å². The Bertz CT molecular complexity index is 1380. The van der Waals surface area contributed by atoms with Crippen LogP contribution in [0, 0.1) is 0 Å². The molecule has 10 heteroatoms. The van der Waals surface area contributed by atoms with Crippen LogP contribution in [0.15, 0.2) is 72.9 Å². The predicted octanol–water partition coefficient (Wildman–Crippen LogP) is 16.1. The van der Waals surface area contributed by atoms with Crippen molar-refractivity contribution in [2.45, 2.75) is 238 Å². The minimum Gasteiger partial charge on any atom is -0.456 e. The van der Waals surface area contributed by atoms with Crippen molar-refractivity contribution < 1.29 is 37.3 Å². The molecule has 3 atom stereocenters. The van der Waals surface area contributed by atoms with Gasteiger partial charge in [0.25, 0.3) is 0 Å². The molecular formula is C57H104N2O7P+. The number of hydrogen-bond donors (Lipinski definition) is 2. The minimum atomic E-state index is -4.45. The first-order valence-corrected chi connectivity index (χ1v) is 28.8. The van der Waals surface area contributed by atoms with Crippen molar-refractivity contribution in [3.8, 4) is 0 Å². The lowest BCUT2D eigenvalue weighted by molar-refractivity contribution is -0.870. The second-order valence-electron chi connectivity index (χ2n) is 19.4. The topological polar surface area (TPSA) is 111 Å². The highest BCUT2D eigenvalue weighted by atomic mass is 31.2. The van der Waals surface area contributed by atoms with Crippen molar-refractivity contribution >= 4 is 19.7 Å². The summed E-state index contributed by atoms with van der Waals surface area (Å²) in [4.78, 5) is 37.5. The van der Waals surface area contributed by atoms with Crippen LogP contribution >= 0.6 is 7.82 Å². The number of esters is 1. The quantitative estimate of drug-likeness (QED) is 0.0156. The molecule has 1 amide bonds. The summed E-state index contributed by atoms with van der Waals surface area (Å²) >= 11 is 0. The average molecular weight is 960 g/mol. The molecule has 0 radical (unpaired) electrons. The molecule has 0 aromatic carbocycles. The second kappa shape index (κ2) is 47.1. The average Bonchev–Trinajstić information content (AvgIpc) is 3.28. The normalized spacial score (nSPS) is 14.4. The number of hydrogen-bond acceptors (Lipinski definition) is 6. The Morgan fingerprint density at radius 3 is 1.57 bits per heavy atom. The Labute approximate surface area is 413 Å². The SMILES string of the molecule is CC/C=C/C=C/C=C\CCCCCCCC(=O)NC(COP(=O)(O)OCC[N+](C)(C)C)C(/C=C/CCCCCCCCCCC)OC(=O)CCCCCCCCC/C=C\C/C=C\CCCCC. The summed E-state index contributed by atoms with van der Waals surface area (Å²) in [6, 6.07) is -0.863. The van der Waals surface area contributed by atoms with E-state index in [2.05, 4.69) is 80.8 Å². The van der Waals surface area contributed by atoms with Gasteiger partial charge in [-0.05, 0) is 83.1 Å². The number of quaternary nitrogens is 1. The zero-order chi connectivity index (χ0) is 49.4. The first-order valence-electron chi connectivity index (χ1n) is 27.3. The van der Waals surface area contributed by atoms with Gasteiger partial charge < -0.3 is 19.4 Å². The predicted molar refractivity (Wildman–Crippen MR) is 286 cm³/mol. The third kappa shape index (κ3) is 48.3. The van der Waals surface area contributed by atoms with Gasteiger partial charge in [0.2, 0.25) is 5.91 Å². The van der Waals surface area contributed by atoms with Crippen LogP contribution in [0.4, 0.5) is 0 Å². The van der Waals surface area contributed by atoms with E-state index in [0.29, 0.717) is 17.4 Å². The Morgan fingerprint density at radius 1 is 0.552 bits per heavy atom. The van der Waals surface area contributed by atoms with Crippen LogP contribution in [-0.2, 0) is 27.9 Å². The fourth-order valence-corrected chi connectivity index (χ4v) is 8.17. The lowest BCUT2D eigenvalue weighted by Gasteiger charge is -2.27. The van der Waals surface area contributed by atoms with Crippen LogP contribution in [0.5, 0.6) is 0 Å². The molecule has 0 aliphatic rings. The van der Waals surface area contributed by atoms with Crippen LogP contribution < -0.4 is 5.32 Å². The number of carbonyl (C=O) groups is 2. The number of likely N-dealkylation sites (N-methyl/N-ethyl adjacent to an activating group) is 1. The van der Waals surface area contributed by atoms with Gasteiger partial charge >= 0.3 is 13.8 Å². The molecule has 3 unspecified atom stereocenters. The molecule has 0 aromatic rings. The molecule has 0 bridgehead atoms. The van der Waals surface area contributed by atoms with Crippen molar-refractivity contribution in [3.05, 3.63) is 72.9 Å². The summed E-state index contributed by atoms with van der Waals surface area (Å²) in [5.41, 5.74) is 0. The molecule has 0 rings (SSSR count). The van der Waals surface area contributed by atoms with Crippen LogP contribution in [0.2, 0.25) is 0 Å². The number of ether oxygens (including phenoxy) is 1. The number of allylic oxidation sites excluding steroid dienone is 11. The van der Waals surface area contributed by atoms with E-state index in [1.807, 2.05) is 39.4 Å². The van der Waals surface area contributed by atoms with Crippen LogP contribution in [0.25, 0.3) is 0 Å². The van der Waals surface area contributed by atoms with E-state index >= 15 is 0 Å². The molecule has 0 aromatic heterocycles. The van der Waals surface area contributed by atoms with E-state index in [-0.39, 0.29) is 31.5 Å². The zero-order valence-corrected chi connectivity index (χ0v) is 45.0. The molecule has 0 fully saturated rings. The van der Waals surface area contributed by atoms with Crippen molar-refractivity contribution in [2.24, 2.45) is 0 Å². The maximum atomic E-state index is 13.4. The fraction of sp³-hybridized carbons (Fsp3) is 0.754. The number of phosphoric ester groups is 1. The van der Waals surface area contributed by atoms with E-state index < -0.39 is 20.0 Å². The Balaban J connectivity index is 5.39. The van der Waals surface area contributed by atoms with Crippen LogP contribution in [0.3, 0.4) is 0 Å². The maximum absolute atomic E-state index is 13.4. The third-order valence-electron chi connectivity index (χ3n) is 11.7. The molecule has 0 aliphatic carbocycles. The second-order valence-corrected chi connectivity index (χ2v) is 20.9. The van der Waals surface area contributed by atoms with Gasteiger partial charge in [0, 0.05) is 12.8 Å². The van der Waals surface area contributed by atoms with E-state index in [9.17, 15) is 19.0 Å². The van der Waals surface area contributed by atoms with E-state index in [0.717, 1.165) is 103 Å². The highest BCUT2D eigenvalue weighted by Gasteiger charge is 2.30. The van der Waals surface area contributed by atoms with Crippen LogP contribution in [0.1, 0.15) is 226 Å². The summed E-state index contributed by atoms with van der Waals surface area (Å²) in [6.07, 6.45) is 58.9. The number of nitrogens with one attached hydrogen (secondary N) is 1. The zero-order valence-electron chi connectivity index (χ0n) is 44.1. The van der Waals surface area contributed by atoms with Crippen molar-refractivity contribution in [2.75, 3.05) is 40.9 Å². The molecule has 9 nitrogen and oxygen atoms in total. The van der Waals surface area contributed by atoms with Crippen LogP contribution in [-0.4, -0.2) is 74.3 Å². The van der Waals surface area contributed by atoms with Gasteiger partial charge in [0.15, 0.2) is 0 Å². The number of amides is 1. The van der Waals surface area contributed by atoms with Gasteiger partial charge in [-0.2, -0.15) is 0 Å². The Kier molecular flexibility index (Phi) is 45.3. The van der Waals surface area contributed by atoms with Gasteiger partial charge in [0.05, 0.1) is 33.8 Å². The molecule has 0 saturated heterocycles. The maximum Gasteiger partial charge on any atom is 0.472 e. The summed E-state index contributed by atoms with van der Waals surface area (Å²) in [5.74, 6) is -0.543. The standard InChI is InChI=1S/C57H103N2O7P/c1-7-10-13-16-19-22-25-27-28-29-30-32-35-38-41-44-47-50-57(61)66-55(48-45-42-39-36-33-24-21-18-15-12-9-3)54(53-65-67(62,63)64-52-51-59(4,5)6)58-56(60)49-46-43-40-37-34-31-26-23-20-17-14-11-8-2/h11,14,17,19-20,22-23,26-28,45,48,54-55H,7-10,12-13,15-16,18,21,24-25,29-44,46-47,49-53H2,1-6H3,(H-,58,60,62,63)/p+1/b14-11+,20-17+,22-19-,26-23-,28-27-,48-45+. The number of rotatable bonds is 48. The molecule has 0 saturated carbocycles. The molecule has 0 aliphatic heterocycles. The summed E-state index contributed by atoms with van der Waals surface area (Å²) in [6.45, 7) is 6.81. The number of unbranched alkanes of at least 4 members (excludes halogenated alkanes) is 24. The van der Waals surface area contributed by atoms with E-state index in [1.54, 1.807) is 0 Å². The largest absolute Gasteiger partial charge is 0.472 e. The Hall–Kier alpha value is -2.55. The molecule has 0 spiro atoms. The molecule has 388 valence electrons. The smallest absolute Gasteiger partial charge is 0.456 e. The van der Waals surface area contributed by atoms with Crippen molar-refractivity contribution in [1.82, 2.24) is 5.32 Å². The number of phosphoric acid groups is 1. The van der Waals surface area contributed by atoms with Gasteiger partial charge in [-0.1, -0.05) is 203 Å². The minimum absolute atomic E-state index is 0.0318. The number of nitrogens with zero attached hydrogens (tertiary/aromatic N) is 1. The van der Waals surface area contributed by atoms with Crippen molar-refractivity contribution in [1.29, 1.82) is 0 Å². The van der Waals surface area contributed by atoms with Gasteiger partial charge in [0.1, 0.15) is 19.3 Å². The lowest BCUT2D eigenvalue weighted by atomic mass is 10.1. The summed E-state index contributed by atoms with van der Waals surface area (Å²) in [7, 11) is 1.47. The molecular weight excluding hydrogens is 856 g/mol. The van der Waals surface area contributed by atoms with Gasteiger partial charge in [-0.25, -0.2) is 4.57 Å². The highest BCUT2D eigenvalue weighted by Crippen LogP contribution is 2.43. The number of carbonyl (C=O) groups excluding carboxylic acids is 2. The first kappa shape index (κ1) is 64.5. The molecule has 2 N–H and O–H groups in total. The monoisotopic (exact) mass is 960 g/mol. The van der Waals surface area contributed by atoms with E-state index in [4.69, 9.17) is 13.8 Å². The summed E-state index contributed by atoms with van der Waals surface area (Å²) < 4.78 is 30.5. The lowest BCUT2D eigenvalue weighted by Crippen LogP contribution is -2.47. The fourth-order valence-electron chi connectivity index (χ4n) is 7.44. The van der Waals surface area contributed by atoms with Gasteiger partial charge in [-0.15, -0.1) is 0 Å². The Morgan fingerprint density at radius 2 is 1.01 bits per heavy atom.